The molecule has 0 aliphatic heterocycles. The first-order chi connectivity index (χ1) is 6.86. The monoisotopic (exact) mass is 230 g/mol. The topological polar surface area (TPSA) is 38.0 Å². The molecule has 1 rings (SSSR count). The van der Waals surface area contributed by atoms with Crippen LogP contribution in [0.3, 0.4) is 0 Å². The lowest BCUT2D eigenvalue weighted by molar-refractivity contribution is 0.576. The maximum absolute atomic E-state index is 5.51. The van der Waals surface area contributed by atoms with Crippen molar-refractivity contribution in [2.24, 2.45) is 5.84 Å². The third-order valence-electron chi connectivity index (χ3n) is 1.97. The van der Waals surface area contributed by atoms with Gasteiger partial charge in [0.15, 0.2) is 0 Å². The van der Waals surface area contributed by atoms with Gasteiger partial charge in [0, 0.05) is 11.8 Å². The summed E-state index contributed by atoms with van der Waals surface area (Å²) >= 11 is 3.71. The highest BCUT2D eigenvalue weighted by Gasteiger charge is 2.07. The van der Waals surface area contributed by atoms with Gasteiger partial charge in [-0.3, -0.25) is 11.3 Å². The Labute approximate surface area is 94.2 Å². The second-order valence-corrected chi connectivity index (χ2v) is 5.20. The summed E-state index contributed by atoms with van der Waals surface area (Å²) in [4.78, 5) is 0. The maximum Gasteiger partial charge on any atom is 0.0341 e. The molecule has 1 unspecified atom stereocenters. The molecule has 0 aliphatic rings. The molecule has 0 aliphatic carbocycles. The van der Waals surface area contributed by atoms with Crippen LogP contribution in [0.5, 0.6) is 0 Å². The normalized spacial score (nSPS) is 13.0. The van der Waals surface area contributed by atoms with Gasteiger partial charge in [0.25, 0.3) is 0 Å². The van der Waals surface area contributed by atoms with Crippen molar-refractivity contribution in [2.75, 3.05) is 11.5 Å². The molecule has 80 valence electrons. The van der Waals surface area contributed by atoms with Crippen LogP contribution in [0.4, 0.5) is 0 Å². The van der Waals surface area contributed by atoms with Crippen LogP contribution in [0.2, 0.25) is 0 Å². The van der Waals surface area contributed by atoms with Crippen LogP contribution >= 0.6 is 23.1 Å². The molecule has 1 atom stereocenters. The highest BCUT2D eigenvalue weighted by molar-refractivity contribution is 7.99. The van der Waals surface area contributed by atoms with Crippen molar-refractivity contribution in [3.05, 3.63) is 22.4 Å². The van der Waals surface area contributed by atoms with E-state index in [0.29, 0.717) is 6.04 Å². The van der Waals surface area contributed by atoms with E-state index in [9.17, 15) is 0 Å². The molecule has 14 heavy (non-hydrogen) atoms. The minimum absolute atomic E-state index is 0.404. The van der Waals surface area contributed by atoms with Gasteiger partial charge < -0.3 is 0 Å². The SMILES string of the molecule is CCCSCC(Cc1ccsc1)NN. The number of hydrogen-bond acceptors (Lipinski definition) is 4. The van der Waals surface area contributed by atoms with Crippen LogP contribution in [0.15, 0.2) is 16.8 Å². The molecule has 1 heterocycles. The molecular formula is C10H18N2S2. The lowest BCUT2D eigenvalue weighted by Gasteiger charge is -2.14. The fourth-order valence-corrected chi connectivity index (χ4v) is 2.86. The maximum atomic E-state index is 5.51. The second kappa shape index (κ2) is 7.29. The van der Waals surface area contributed by atoms with Gasteiger partial charge in [-0.05, 0) is 41.0 Å². The van der Waals surface area contributed by atoms with Crippen LogP contribution in [0, 0.1) is 0 Å². The zero-order valence-corrected chi connectivity index (χ0v) is 10.2. The molecular weight excluding hydrogens is 212 g/mol. The average molecular weight is 230 g/mol. The number of thiophene rings is 1. The Hall–Kier alpha value is -0.0300. The summed E-state index contributed by atoms with van der Waals surface area (Å²) in [5.74, 6) is 7.83. The van der Waals surface area contributed by atoms with Gasteiger partial charge in [-0.2, -0.15) is 23.1 Å². The Bertz CT molecular complexity index is 224. The number of rotatable bonds is 7. The molecule has 4 heteroatoms. The Kier molecular flexibility index (Phi) is 6.27. The number of nitrogens with one attached hydrogen (secondary N) is 1. The van der Waals surface area contributed by atoms with Crippen molar-refractivity contribution in [1.82, 2.24) is 5.43 Å². The van der Waals surface area contributed by atoms with Gasteiger partial charge in [-0.25, -0.2) is 0 Å². The van der Waals surface area contributed by atoms with E-state index in [1.165, 1.54) is 17.7 Å². The van der Waals surface area contributed by atoms with Gasteiger partial charge in [0.1, 0.15) is 0 Å². The van der Waals surface area contributed by atoms with Crippen LogP contribution in [0.25, 0.3) is 0 Å². The van der Waals surface area contributed by atoms with Crippen molar-refractivity contribution >= 4 is 23.1 Å². The highest BCUT2D eigenvalue weighted by atomic mass is 32.2. The lowest BCUT2D eigenvalue weighted by atomic mass is 10.1. The molecule has 0 saturated carbocycles. The number of hydrogen-bond donors (Lipinski definition) is 2. The number of hydrazine groups is 1. The Morgan fingerprint density at radius 1 is 1.64 bits per heavy atom. The first-order valence-corrected chi connectivity index (χ1v) is 7.01. The molecule has 0 amide bonds. The van der Waals surface area contributed by atoms with E-state index >= 15 is 0 Å². The van der Waals surface area contributed by atoms with E-state index in [4.69, 9.17) is 5.84 Å². The summed E-state index contributed by atoms with van der Waals surface area (Å²) in [6.45, 7) is 2.21. The molecule has 0 saturated heterocycles. The Morgan fingerprint density at radius 2 is 2.50 bits per heavy atom. The summed E-state index contributed by atoms with van der Waals surface area (Å²) < 4.78 is 0. The minimum atomic E-state index is 0.404. The number of thioether (sulfide) groups is 1. The number of nitrogens with two attached hydrogens (primary N) is 1. The van der Waals surface area contributed by atoms with Crippen molar-refractivity contribution in [3.8, 4) is 0 Å². The first-order valence-electron chi connectivity index (χ1n) is 4.91. The van der Waals surface area contributed by atoms with E-state index in [0.717, 1.165) is 12.2 Å². The van der Waals surface area contributed by atoms with Crippen LogP contribution in [0.1, 0.15) is 18.9 Å². The van der Waals surface area contributed by atoms with Crippen molar-refractivity contribution in [3.63, 3.8) is 0 Å². The predicted molar refractivity (Wildman–Crippen MR) is 66.8 cm³/mol. The molecule has 0 fully saturated rings. The fraction of sp³-hybridized carbons (Fsp3) is 0.600. The molecule has 3 N–H and O–H groups in total. The van der Waals surface area contributed by atoms with Gasteiger partial charge in [0.05, 0.1) is 0 Å². The van der Waals surface area contributed by atoms with E-state index in [-0.39, 0.29) is 0 Å². The van der Waals surface area contributed by atoms with Crippen molar-refractivity contribution in [2.45, 2.75) is 25.8 Å². The first kappa shape index (κ1) is 12.0. The largest absolute Gasteiger partial charge is 0.271 e. The van der Waals surface area contributed by atoms with E-state index < -0.39 is 0 Å². The molecule has 1 aromatic heterocycles. The van der Waals surface area contributed by atoms with Crippen molar-refractivity contribution < 1.29 is 0 Å². The van der Waals surface area contributed by atoms with E-state index in [2.05, 4.69) is 29.2 Å². The summed E-state index contributed by atoms with van der Waals surface area (Å²) in [6, 6.07) is 2.57. The Morgan fingerprint density at radius 3 is 3.07 bits per heavy atom. The molecule has 0 bridgehead atoms. The summed E-state index contributed by atoms with van der Waals surface area (Å²) in [5, 5.41) is 4.30. The van der Waals surface area contributed by atoms with E-state index in [1.807, 2.05) is 11.8 Å². The van der Waals surface area contributed by atoms with Gasteiger partial charge in [-0.1, -0.05) is 6.92 Å². The second-order valence-electron chi connectivity index (χ2n) is 3.27. The standard InChI is InChI=1S/C10H18N2S2/c1-2-4-13-8-10(12-11)6-9-3-5-14-7-9/h3,5,7,10,12H,2,4,6,8,11H2,1H3. The van der Waals surface area contributed by atoms with Gasteiger partial charge in [0.2, 0.25) is 0 Å². The zero-order chi connectivity index (χ0) is 10.2. The van der Waals surface area contributed by atoms with Crippen molar-refractivity contribution in [1.29, 1.82) is 0 Å². The smallest absolute Gasteiger partial charge is 0.0341 e. The fourth-order valence-electron chi connectivity index (χ4n) is 1.23. The highest BCUT2D eigenvalue weighted by Crippen LogP contribution is 2.12. The van der Waals surface area contributed by atoms with Crippen LogP contribution < -0.4 is 11.3 Å². The predicted octanol–water partition coefficient (Wildman–Crippen LogP) is 2.27. The summed E-state index contributed by atoms with van der Waals surface area (Å²) in [7, 11) is 0. The Balaban J connectivity index is 2.24. The molecule has 0 spiro atoms. The van der Waals surface area contributed by atoms with Crippen LogP contribution in [-0.4, -0.2) is 17.5 Å². The zero-order valence-electron chi connectivity index (χ0n) is 8.53. The molecule has 0 radical (unpaired) electrons. The quantitative estimate of drug-likeness (QED) is 0.429. The lowest BCUT2D eigenvalue weighted by Crippen LogP contribution is -2.38. The third-order valence-corrected chi connectivity index (χ3v) is 4.03. The van der Waals surface area contributed by atoms with Gasteiger partial charge >= 0.3 is 0 Å². The molecule has 1 aromatic rings. The summed E-state index contributed by atoms with van der Waals surface area (Å²) in [5.41, 5.74) is 4.27. The van der Waals surface area contributed by atoms with Gasteiger partial charge in [-0.15, -0.1) is 0 Å². The minimum Gasteiger partial charge on any atom is -0.271 e. The van der Waals surface area contributed by atoms with Crippen LogP contribution in [-0.2, 0) is 6.42 Å². The van der Waals surface area contributed by atoms with E-state index in [1.54, 1.807) is 11.3 Å². The molecule has 0 aromatic carbocycles. The molecule has 2 nitrogen and oxygen atoms in total. The summed E-state index contributed by atoms with van der Waals surface area (Å²) in [6.07, 6.45) is 2.27. The average Bonchev–Trinajstić information content (AvgIpc) is 2.69. The third kappa shape index (κ3) is 4.46.